The largest absolute Gasteiger partial charge is 0.487 e. The molecule has 0 heterocycles. The van der Waals surface area contributed by atoms with Gasteiger partial charge >= 0.3 is 12.1 Å². The highest BCUT2D eigenvalue weighted by Crippen LogP contribution is 2.36. The van der Waals surface area contributed by atoms with Crippen LogP contribution in [-0.2, 0) is 17.6 Å². The number of carbonyl (C=O) groups excluding carboxylic acids is 1. The molecule has 0 spiro atoms. The second-order valence-electron chi connectivity index (χ2n) is 5.80. The van der Waals surface area contributed by atoms with Crippen LogP contribution in [0.15, 0.2) is 39.3 Å². The van der Waals surface area contributed by atoms with Crippen LogP contribution in [0, 0.1) is 0 Å². The number of benzene rings is 2. The van der Waals surface area contributed by atoms with E-state index in [0.29, 0.717) is 20.2 Å². The summed E-state index contributed by atoms with van der Waals surface area (Å²) in [5.41, 5.74) is -0.0336. The zero-order valence-electron chi connectivity index (χ0n) is 14.9. The lowest BCUT2D eigenvalue weighted by atomic mass is 10.1. The maximum atomic E-state index is 13.1. The van der Waals surface area contributed by atoms with Crippen molar-refractivity contribution in [1.29, 1.82) is 0 Å². The van der Waals surface area contributed by atoms with Crippen LogP contribution in [0.25, 0.3) is 0 Å². The van der Waals surface area contributed by atoms with E-state index in [0.717, 1.165) is 12.1 Å². The van der Waals surface area contributed by atoms with Crippen molar-refractivity contribution in [2.75, 3.05) is 18.9 Å². The van der Waals surface area contributed by atoms with E-state index in [2.05, 4.69) is 42.5 Å². The molecule has 3 N–H and O–H groups in total. The number of carboxylic acids is 1. The molecular formula is C18H15Br2F3N2O4. The van der Waals surface area contributed by atoms with Gasteiger partial charge < -0.3 is 20.5 Å². The first-order valence-electron chi connectivity index (χ1n) is 8.02. The van der Waals surface area contributed by atoms with Crippen molar-refractivity contribution in [1.82, 2.24) is 5.32 Å². The van der Waals surface area contributed by atoms with Gasteiger partial charge in [0, 0.05) is 18.3 Å². The van der Waals surface area contributed by atoms with Gasteiger partial charge in [0.05, 0.1) is 14.5 Å². The Kier molecular flexibility index (Phi) is 7.53. The first-order valence-corrected chi connectivity index (χ1v) is 9.60. The molecule has 0 aliphatic heterocycles. The third kappa shape index (κ3) is 6.36. The summed E-state index contributed by atoms with van der Waals surface area (Å²) in [5, 5.41) is 13.5. The van der Waals surface area contributed by atoms with Crippen LogP contribution in [-0.4, -0.2) is 30.6 Å². The summed E-state index contributed by atoms with van der Waals surface area (Å²) in [6, 6.07) is 6.37. The van der Waals surface area contributed by atoms with Crippen LogP contribution >= 0.6 is 31.9 Å². The Morgan fingerprint density at radius 2 is 1.72 bits per heavy atom. The third-order valence-corrected chi connectivity index (χ3v) is 4.83. The number of alkyl halides is 3. The monoisotopic (exact) mass is 538 g/mol. The first-order chi connectivity index (χ1) is 13.5. The van der Waals surface area contributed by atoms with Gasteiger partial charge in [-0.15, -0.1) is 0 Å². The molecule has 1 amide bonds. The number of ether oxygens (including phenoxy) is 1. The zero-order chi connectivity index (χ0) is 21.8. The number of nitrogens with one attached hydrogen (secondary N) is 2. The molecule has 29 heavy (non-hydrogen) atoms. The Balaban J connectivity index is 2.21. The minimum atomic E-state index is -4.49. The van der Waals surface area contributed by atoms with Crippen LogP contribution in [0.1, 0.15) is 21.5 Å². The Hall–Kier alpha value is -2.27. The minimum absolute atomic E-state index is 0.152. The zero-order valence-corrected chi connectivity index (χ0v) is 18.0. The fourth-order valence-corrected chi connectivity index (χ4v) is 3.74. The molecule has 0 fully saturated rings. The Bertz CT molecular complexity index is 913. The Labute approximate surface area is 180 Å². The number of aliphatic carboxylic acids is 1. The number of anilines is 1. The summed E-state index contributed by atoms with van der Waals surface area (Å²) < 4.78 is 45.5. The van der Waals surface area contributed by atoms with Gasteiger partial charge in [0.15, 0.2) is 0 Å². The predicted octanol–water partition coefficient (Wildman–Crippen LogP) is 4.67. The Morgan fingerprint density at radius 3 is 2.24 bits per heavy atom. The van der Waals surface area contributed by atoms with Crippen LogP contribution in [0.4, 0.5) is 18.9 Å². The summed E-state index contributed by atoms with van der Waals surface area (Å²) in [6.45, 7) is -0.685. The van der Waals surface area contributed by atoms with E-state index in [1.165, 1.54) is 25.2 Å². The van der Waals surface area contributed by atoms with E-state index >= 15 is 0 Å². The topological polar surface area (TPSA) is 87.7 Å². The van der Waals surface area contributed by atoms with Crippen molar-refractivity contribution in [2.45, 2.75) is 12.8 Å². The summed E-state index contributed by atoms with van der Waals surface area (Å²) in [4.78, 5) is 22.5. The molecule has 6 nitrogen and oxygen atoms in total. The fourth-order valence-electron chi connectivity index (χ4n) is 2.33. The molecule has 0 bridgehead atoms. The Morgan fingerprint density at radius 1 is 1.10 bits per heavy atom. The first kappa shape index (κ1) is 23.0. The standard InChI is InChI=1S/C18H15Br2F3N2O4/c1-24-12-3-9(2-11(6-12)18(21,22)23)8-29-16-13(19)4-10(5-14(16)20)17(28)25-7-15(26)27/h2-6,24H,7-8H2,1H3,(H,25,28)(H,26,27). The van der Waals surface area contributed by atoms with Crippen molar-refractivity contribution in [3.8, 4) is 5.75 Å². The molecule has 11 heteroatoms. The van der Waals surface area contributed by atoms with Crippen LogP contribution < -0.4 is 15.4 Å². The van der Waals surface area contributed by atoms with Gasteiger partial charge in [-0.25, -0.2) is 0 Å². The van der Waals surface area contributed by atoms with Gasteiger partial charge in [-0.3, -0.25) is 9.59 Å². The van der Waals surface area contributed by atoms with Crippen molar-refractivity contribution in [3.05, 3.63) is 56.0 Å². The lowest BCUT2D eigenvalue weighted by Gasteiger charge is -2.15. The molecule has 0 aromatic heterocycles. The van der Waals surface area contributed by atoms with E-state index in [-0.39, 0.29) is 17.9 Å². The SMILES string of the molecule is CNc1cc(COc2c(Br)cc(C(=O)NCC(=O)O)cc2Br)cc(C(F)(F)F)c1. The van der Waals surface area contributed by atoms with Crippen molar-refractivity contribution >= 4 is 49.4 Å². The summed E-state index contributed by atoms with van der Waals surface area (Å²) in [6.07, 6.45) is -4.49. The van der Waals surface area contributed by atoms with Crippen LogP contribution in [0.3, 0.4) is 0 Å². The van der Waals surface area contributed by atoms with Crippen LogP contribution in [0.2, 0.25) is 0 Å². The lowest BCUT2D eigenvalue weighted by molar-refractivity contribution is -0.138. The third-order valence-electron chi connectivity index (χ3n) is 3.65. The molecule has 0 saturated carbocycles. The number of hydrogen-bond acceptors (Lipinski definition) is 4. The molecule has 0 radical (unpaired) electrons. The van der Waals surface area contributed by atoms with Gasteiger partial charge in [0.25, 0.3) is 5.91 Å². The fraction of sp³-hybridized carbons (Fsp3) is 0.222. The summed E-state index contributed by atoms with van der Waals surface area (Å²) >= 11 is 6.50. The number of carboxylic acid groups (broad SMARTS) is 1. The smallest absolute Gasteiger partial charge is 0.416 e. The minimum Gasteiger partial charge on any atom is -0.487 e. The molecule has 0 unspecified atom stereocenters. The van der Waals surface area contributed by atoms with Crippen molar-refractivity contribution in [3.63, 3.8) is 0 Å². The summed E-state index contributed by atoms with van der Waals surface area (Å²) in [7, 11) is 1.52. The van der Waals surface area contributed by atoms with Crippen molar-refractivity contribution in [2.24, 2.45) is 0 Å². The maximum absolute atomic E-state index is 13.1. The molecule has 0 atom stereocenters. The number of amides is 1. The van der Waals surface area contributed by atoms with Crippen molar-refractivity contribution < 1.29 is 32.6 Å². The maximum Gasteiger partial charge on any atom is 0.416 e. The average molecular weight is 540 g/mol. The number of rotatable bonds is 7. The number of hydrogen-bond donors (Lipinski definition) is 3. The molecule has 0 aliphatic rings. The molecule has 156 valence electrons. The highest BCUT2D eigenvalue weighted by molar-refractivity contribution is 9.11. The molecular weight excluding hydrogens is 525 g/mol. The van der Waals surface area contributed by atoms with E-state index in [9.17, 15) is 22.8 Å². The van der Waals surface area contributed by atoms with E-state index in [1.54, 1.807) is 0 Å². The predicted molar refractivity (Wildman–Crippen MR) is 107 cm³/mol. The normalized spacial score (nSPS) is 11.1. The quantitative estimate of drug-likeness (QED) is 0.476. The van der Waals surface area contributed by atoms with Crippen LogP contribution in [0.5, 0.6) is 5.75 Å². The molecule has 0 saturated heterocycles. The van der Waals surface area contributed by atoms with Gasteiger partial charge in [-0.1, -0.05) is 0 Å². The summed E-state index contributed by atoms with van der Waals surface area (Å²) in [5.74, 6) is -1.50. The molecule has 2 rings (SSSR count). The van der Waals surface area contributed by atoms with E-state index in [1.807, 2.05) is 0 Å². The lowest BCUT2D eigenvalue weighted by Crippen LogP contribution is -2.29. The van der Waals surface area contributed by atoms with Gasteiger partial charge in [0.1, 0.15) is 18.9 Å². The molecule has 0 aliphatic carbocycles. The van der Waals surface area contributed by atoms with E-state index in [4.69, 9.17) is 9.84 Å². The van der Waals surface area contributed by atoms with Gasteiger partial charge in [-0.05, 0) is 67.8 Å². The second-order valence-corrected chi connectivity index (χ2v) is 7.51. The van der Waals surface area contributed by atoms with Gasteiger partial charge in [-0.2, -0.15) is 13.2 Å². The average Bonchev–Trinajstić information content (AvgIpc) is 2.64. The van der Waals surface area contributed by atoms with E-state index < -0.39 is 30.2 Å². The number of carbonyl (C=O) groups is 2. The second kappa shape index (κ2) is 9.49. The number of halogens is 5. The molecule has 2 aromatic rings. The highest BCUT2D eigenvalue weighted by atomic mass is 79.9. The highest BCUT2D eigenvalue weighted by Gasteiger charge is 2.31. The van der Waals surface area contributed by atoms with Gasteiger partial charge in [0.2, 0.25) is 0 Å². The molecule has 2 aromatic carbocycles.